The highest BCUT2D eigenvalue weighted by atomic mass is 35.5. The number of H-pyrrole nitrogens is 1. The van der Waals surface area contributed by atoms with Crippen LogP contribution in [0.1, 0.15) is 12.6 Å². The number of aromatic amines is 1. The lowest BCUT2D eigenvalue weighted by molar-refractivity contribution is 0.746. The quantitative estimate of drug-likeness (QED) is 0.781. The summed E-state index contributed by atoms with van der Waals surface area (Å²) in [4.78, 5) is 7.82. The van der Waals surface area contributed by atoms with Crippen molar-refractivity contribution in [1.29, 1.82) is 0 Å². The highest BCUT2D eigenvalue weighted by Crippen LogP contribution is 2.29. The number of benzene rings is 1. The molecule has 3 aromatic rings. The van der Waals surface area contributed by atoms with E-state index in [9.17, 15) is 0 Å². The topological polar surface area (TPSA) is 46.5 Å². The monoisotopic (exact) mass is 294 g/mol. The average molecular weight is 295 g/mol. The largest absolute Gasteiger partial charge is 0.338 e. The summed E-state index contributed by atoms with van der Waals surface area (Å²) < 4.78 is 1.79. The number of imidazole rings is 1. The molecular weight excluding hydrogens is 283 g/mol. The maximum atomic E-state index is 6.01. The number of halogens is 2. The first kappa shape index (κ1) is 12.5. The third-order valence-electron chi connectivity index (χ3n) is 3.02. The van der Waals surface area contributed by atoms with Crippen molar-refractivity contribution < 1.29 is 0 Å². The molecule has 0 saturated heterocycles. The van der Waals surface area contributed by atoms with E-state index in [1.54, 1.807) is 16.8 Å². The van der Waals surface area contributed by atoms with Crippen LogP contribution < -0.4 is 0 Å². The average Bonchev–Trinajstić information content (AvgIpc) is 2.93. The van der Waals surface area contributed by atoms with Crippen LogP contribution in [0.2, 0.25) is 10.0 Å². The Kier molecular flexibility index (Phi) is 2.99. The molecule has 19 heavy (non-hydrogen) atoms. The second kappa shape index (κ2) is 4.54. The predicted molar refractivity (Wildman–Crippen MR) is 77.7 cm³/mol. The van der Waals surface area contributed by atoms with Gasteiger partial charge >= 0.3 is 0 Å². The van der Waals surface area contributed by atoms with Crippen LogP contribution in [-0.4, -0.2) is 19.7 Å². The molecule has 4 nitrogen and oxygen atoms in total. The first-order valence-electron chi connectivity index (χ1n) is 5.96. The van der Waals surface area contributed by atoms with Gasteiger partial charge in [-0.3, -0.25) is 4.68 Å². The van der Waals surface area contributed by atoms with Crippen LogP contribution in [0.3, 0.4) is 0 Å². The summed E-state index contributed by atoms with van der Waals surface area (Å²) in [7, 11) is 1.90. The van der Waals surface area contributed by atoms with E-state index in [2.05, 4.69) is 22.0 Å². The van der Waals surface area contributed by atoms with Crippen LogP contribution in [0.25, 0.3) is 22.4 Å². The zero-order valence-electron chi connectivity index (χ0n) is 10.5. The van der Waals surface area contributed by atoms with E-state index in [4.69, 9.17) is 23.2 Å². The number of rotatable bonds is 2. The predicted octanol–water partition coefficient (Wildman–Crippen LogP) is 3.83. The first-order valence-corrected chi connectivity index (χ1v) is 6.71. The number of nitrogens with one attached hydrogen (secondary N) is 1. The van der Waals surface area contributed by atoms with Gasteiger partial charge in [-0.15, -0.1) is 0 Å². The first-order chi connectivity index (χ1) is 9.08. The molecule has 0 fully saturated rings. The fourth-order valence-electron chi connectivity index (χ4n) is 2.13. The fraction of sp³-hybridized carbons (Fsp3) is 0.231. The van der Waals surface area contributed by atoms with Gasteiger partial charge in [-0.2, -0.15) is 5.10 Å². The van der Waals surface area contributed by atoms with Crippen molar-refractivity contribution in [3.05, 3.63) is 34.1 Å². The Balaban J connectivity index is 2.20. The maximum absolute atomic E-state index is 6.01. The summed E-state index contributed by atoms with van der Waals surface area (Å²) in [6, 6.07) is 3.55. The van der Waals surface area contributed by atoms with Gasteiger partial charge in [-0.1, -0.05) is 30.1 Å². The zero-order valence-corrected chi connectivity index (χ0v) is 12.0. The summed E-state index contributed by atoms with van der Waals surface area (Å²) in [5.41, 5.74) is 3.69. The zero-order chi connectivity index (χ0) is 13.6. The van der Waals surface area contributed by atoms with Crippen molar-refractivity contribution in [3.8, 4) is 11.4 Å². The van der Waals surface area contributed by atoms with Crippen LogP contribution >= 0.6 is 23.2 Å². The Morgan fingerprint density at radius 2 is 2.00 bits per heavy atom. The Bertz CT molecular complexity index is 718. The third-order valence-corrected chi connectivity index (χ3v) is 3.74. The summed E-state index contributed by atoms with van der Waals surface area (Å²) >= 11 is 12.0. The molecule has 2 heterocycles. The van der Waals surface area contributed by atoms with Crippen LogP contribution in [0, 0.1) is 0 Å². The molecule has 0 aliphatic carbocycles. The lowest BCUT2D eigenvalue weighted by Gasteiger charge is -1.93. The van der Waals surface area contributed by atoms with Crippen molar-refractivity contribution >= 4 is 34.2 Å². The molecule has 6 heteroatoms. The molecule has 0 bridgehead atoms. The van der Waals surface area contributed by atoms with Gasteiger partial charge in [0.1, 0.15) is 5.82 Å². The highest BCUT2D eigenvalue weighted by Gasteiger charge is 2.13. The highest BCUT2D eigenvalue weighted by molar-refractivity contribution is 6.42. The van der Waals surface area contributed by atoms with Gasteiger partial charge < -0.3 is 4.98 Å². The van der Waals surface area contributed by atoms with Crippen molar-refractivity contribution in [2.75, 3.05) is 0 Å². The molecule has 0 unspecified atom stereocenters. The molecular formula is C13H12Cl2N4. The van der Waals surface area contributed by atoms with E-state index < -0.39 is 0 Å². The Labute approximate surface area is 120 Å². The molecule has 0 atom stereocenters. The molecule has 3 rings (SSSR count). The van der Waals surface area contributed by atoms with E-state index in [1.165, 1.54) is 0 Å². The van der Waals surface area contributed by atoms with Crippen molar-refractivity contribution in [3.63, 3.8) is 0 Å². The minimum atomic E-state index is 0.508. The smallest absolute Gasteiger partial charge is 0.141 e. The molecule has 0 amide bonds. The number of fused-ring (bicyclic) bond motifs is 1. The standard InChI is InChI=1S/C13H12Cl2N4/c1-3-10-7(6-19(2)18-10)13-16-11-4-8(14)9(15)5-12(11)17-13/h4-6H,3H2,1-2H3,(H,16,17). The third kappa shape index (κ3) is 2.11. The van der Waals surface area contributed by atoms with Crippen LogP contribution in [0.15, 0.2) is 18.3 Å². The van der Waals surface area contributed by atoms with Crippen molar-refractivity contribution in [2.24, 2.45) is 7.05 Å². The van der Waals surface area contributed by atoms with Crippen molar-refractivity contribution in [2.45, 2.75) is 13.3 Å². The molecule has 0 aliphatic rings. The fourth-order valence-corrected chi connectivity index (χ4v) is 2.45. The van der Waals surface area contributed by atoms with E-state index in [0.717, 1.165) is 34.5 Å². The Hall–Kier alpha value is -1.52. The van der Waals surface area contributed by atoms with Gasteiger partial charge in [0, 0.05) is 13.2 Å². The number of hydrogen-bond acceptors (Lipinski definition) is 2. The van der Waals surface area contributed by atoms with Gasteiger partial charge in [0.15, 0.2) is 0 Å². The minimum absolute atomic E-state index is 0.508. The van der Waals surface area contributed by atoms with Gasteiger partial charge in [0.05, 0.1) is 32.3 Å². The van der Waals surface area contributed by atoms with Gasteiger partial charge in [0.2, 0.25) is 0 Å². The molecule has 0 aliphatic heterocycles. The summed E-state index contributed by atoms with van der Waals surface area (Å²) in [5.74, 6) is 0.790. The van der Waals surface area contributed by atoms with E-state index in [-0.39, 0.29) is 0 Å². The van der Waals surface area contributed by atoms with Crippen molar-refractivity contribution in [1.82, 2.24) is 19.7 Å². The molecule has 2 aromatic heterocycles. The van der Waals surface area contributed by atoms with E-state index in [0.29, 0.717) is 10.0 Å². The van der Waals surface area contributed by atoms with Gasteiger partial charge in [-0.25, -0.2) is 4.98 Å². The number of hydrogen-bond donors (Lipinski definition) is 1. The normalized spacial score (nSPS) is 11.4. The SMILES string of the molecule is CCc1nn(C)cc1-c1nc2cc(Cl)c(Cl)cc2[nH]1. The summed E-state index contributed by atoms with van der Waals surface area (Å²) in [6.45, 7) is 2.07. The number of aryl methyl sites for hydroxylation is 2. The van der Waals surface area contributed by atoms with Crippen LogP contribution in [0.5, 0.6) is 0 Å². The maximum Gasteiger partial charge on any atom is 0.141 e. The molecule has 0 spiro atoms. The molecule has 1 aromatic carbocycles. The second-order valence-electron chi connectivity index (χ2n) is 4.39. The van der Waals surface area contributed by atoms with Crippen LogP contribution in [0.4, 0.5) is 0 Å². The summed E-state index contributed by atoms with van der Waals surface area (Å²) in [5, 5.41) is 5.44. The minimum Gasteiger partial charge on any atom is -0.338 e. The molecule has 0 saturated carbocycles. The van der Waals surface area contributed by atoms with Gasteiger partial charge in [-0.05, 0) is 18.6 Å². The van der Waals surface area contributed by atoms with E-state index >= 15 is 0 Å². The lowest BCUT2D eigenvalue weighted by Crippen LogP contribution is -1.89. The number of nitrogens with zero attached hydrogens (tertiary/aromatic N) is 3. The molecule has 98 valence electrons. The lowest BCUT2D eigenvalue weighted by atomic mass is 10.2. The van der Waals surface area contributed by atoms with E-state index in [1.807, 2.05) is 13.2 Å². The van der Waals surface area contributed by atoms with Crippen LogP contribution in [-0.2, 0) is 13.5 Å². The molecule has 0 radical (unpaired) electrons. The summed E-state index contributed by atoms with van der Waals surface area (Å²) in [6.07, 6.45) is 2.81. The Morgan fingerprint density at radius 3 is 2.74 bits per heavy atom. The number of aromatic nitrogens is 4. The Morgan fingerprint density at radius 1 is 1.26 bits per heavy atom. The molecule has 1 N–H and O–H groups in total. The van der Waals surface area contributed by atoms with Gasteiger partial charge in [0.25, 0.3) is 0 Å². The second-order valence-corrected chi connectivity index (χ2v) is 5.20.